The molecule has 0 saturated carbocycles. The van der Waals surface area contributed by atoms with Crippen LogP contribution in [0.4, 0.5) is 0 Å². The number of unbranched alkanes of at least 4 members (excludes halogenated alkanes) is 7. The van der Waals surface area contributed by atoms with Crippen molar-refractivity contribution in [3.8, 4) is 0 Å². The van der Waals surface area contributed by atoms with Gasteiger partial charge in [0.05, 0.1) is 0 Å². The van der Waals surface area contributed by atoms with Crippen molar-refractivity contribution in [2.24, 2.45) is 0 Å². The van der Waals surface area contributed by atoms with E-state index in [0.29, 0.717) is 0 Å². The van der Waals surface area contributed by atoms with Crippen LogP contribution in [0.15, 0.2) is 6.08 Å². The maximum Gasteiger partial charge on any atom is 2.00 e. The van der Waals surface area contributed by atoms with Crippen molar-refractivity contribution in [1.29, 1.82) is 0 Å². The average molecular weight is 336 g/mol. The van der Waals surface area contributed by atoms with E-state index >= 15 is 0 Å². The van der Waals surface area contributed by atoms with E-state index < -0.39 is 0 Å². The number of hydrogen-bond donors (Lipinski definition) is 0. The van der Waals surface area contributed by atoms with Gasteiger partial charge in [0.25, 0.3) is 0 Å². The van der Waals surface area contributed by atoms with Gasteiger partial charge in [-0.05, 0) is 6.42 Å². The van der Waals surface area contributed by atoms with Crippen LogP contribution in [-0.4, -0.2) is 28.4 Å². The van der Waals surface area contributed by atoms with E-state index in [9.17, 15) is 0 Å². The van der Waals surface area contributed by atoms with Crippen LogP contribution in [0.25, 0.3) is 0 Å². The first-order valence-corrected chi connectivity index (χ1v) is 6.13. The van der Waals surface area contributed by atoms with E-state index in [1.807, 2.05) is 0 Å². The molecule has 0 atom stereocenters. The van der Waals surface area contributed by atoms with Gasteiger partial charge >= 0.3 is 23.1 Å². The Hall–Kier alpha value is 1.47. The molecule has 0 bridgehead atoms. The van der Waals surface area contributed by atoms with Crippen molar-refractivity contribution in [2.45, 2.75) is 51.4 Å². The zero-order chi connectivity index (χ0) is 9.07. The van der Waals surface area contributed by atoms with Gasteiger partial charge in [0, 0.05) is 5.33 Å². The SMILES string of the molecule is [Br-].[CH-]=CCCCCCCCCCBr.[Mg+2]. The summed E-state index contributed by atoms with van der Waals surface area (Å²) in [5.41, 5.74) is 0. The third-order valence-corrected chi connectivity index (χ3v) is 2.57. The van der Waals surface area contributed by atoms with Gasteiger partial charge in [-0.15, -0.1) is 0 Å². The molecule has 0 amide bonds. The molecule has 14 heavy (non-hydrogen) atoms. The van der Waals surface area contributed by atoms with E-state index in [1.54, 1.807) is 6.08 Å². The minimum atomic E-state index is 0. The Morgan fingerprint density at radius 3 is 1.71 bits per heavy atom. The summed E-state index contributed by atoms with van der Waals surface area (Å²) in [5, 5.41) is 1.16. The predicted molar refractivity (Wildman–Crippen MR) is 65.4 cm³/mol. The van der Waals surface area contributed by atoms with Crippen molar-refractivity contribution in [3.63, 3.8) is 0 Å². The summed E-state index contributed by atoms with van der Waals surface area (Å²) >= 11 is 3.43. The van der Waals surface area contributed by atoms with Crippen LogP contribution in [-0.2, 0) is 0 Å². The Kier molecular flexibility index (Phi) is 29.7. The summed E-state index contributed by atoms with van der Waals surface area (Å²) in [4.78, 5) is 0. The Labute approximate surface area is 124 Å². The van der Waals surface area contributed by atoms with Crippen molar-refractivity contribution in [1.82, 2.24) is 0 Å². The monoisotopic (exact) mass is 334 g/mol. The van der Waals surface area contributed by atoms with E-state index in [-0.39, 0.29) is 40.0 Å². The van der Waals surface area contributed by atoms with Gasteiger partial charge in [-0.3, -0.25) is 6.08 Å². The summed E-state index contributed by atoms with van der Waals surface area (Å²) < 4.78 is 0. The molecule has 0 heterocycles. The molecular weight excluding hydrogens is 316 g/mol. The predicted octanol–water partition coefficient (Wildman–Crippen LogP) is 1.11. The first-order chi connectivity index (χ1) is 5.91. The Balaban J connectivity index is -0.000000605. The second-order valence-electron chi connectivity index (χ2n) is 3.19. The molecule has 0 radical (unpaired) electrons. The van der Waals surface area contributed by atoms with Crippen molar-refractivity contribution in [3.05, 3.63) is 12.7 Å². The molecule has 0 spiro atoms. The second-order valence-corrected chi connectivity index (χ2v) is 3.98. The van der Waals surface area contributed by atoms with Crippen molar-refractivity contribution >= 4 is 39.0 Å². The second kappa shape index (κ2) is 20.0. The molecular formula is C11H20Br2Mg. The van der Waals surface area contributed by atoms with Gasteiger partial charge < -0.3 is 23.6 Å². The molecule has 0 saturated heterocycles. The summed E-state index contributed by atoms with van der Waals surface area (Å²) in [6.45, 7) is 5.28. The van der Waals surface area contributed by atoms with Gasteiger partial charge in [-0.25, -0.2) is 0 Å². The summed E-state index contributed by atoms with van der Waals surface area (Å²) in [6, 6.07) is 0. The van der Waals surface area contributed by atoms with Gasteiger partial charge in [-0.1, -0.05) is 60.9 Å². The maximum absolute atomic E-state index is 5.28. The molecule has 80 valence electrons. The third kappa shape index (κ3) is 19.1. The van der Waals surface area contributed by atoms with Crippen molar-refractivity contribution < 1.29 is 17.0 Å². The van der Waals surface area contributed by atoms with Crippen LogP contribution in [0.3, 0.4) is 0 Å². The molecule has 0 aliphatic heterocycles. The topological polar surface area (TPSA) is 0 Å². The van der Waals surface area contributed by atoms with E-state index in [0.717, 1.165) is 11.8 Å². The molecule has 0 nitrogen and oxygen atoms in total. The van der Waals surface area contributed by atoms with Crippen LogP contribution in [0.5, 0.6) is 0 Å². The van der Waals surface area contributed by atoms with Gasteiger partial charge in [-0.2, -0.15) is 0 Å². The average Bonchev–Trinajstić information content (AvgIpc) is 2.10. The first kappa shape index (κ1) is 20.8. The molecule has 0 fully saturated rings. The number of alkyl halides is 1. The number of rotatable bonds is 9. The molecule has 0 aliphatic rings. The fourth-order valence-corrected chi connectivity index (χ4v) is 1.64. The van der Waals surface area contributed by atoms with Crippen molar-refractivity contribution in [2.75, 3.05) is 5.33 Å². The largest absolute Gasteiger partial charge is 2.00 e. The molecule has 0 aliphatic carbocycles. The molecule has 3 heteroatoms. The fraction of sp³-hybridized carbons (Fsp3) is 0.818. The standard InChI is InChI=1S/C11H20Br.BrH.Mg/c1-2-3-4-5-6-7-8-9-10-11-12;;/h1-2H,3-11H2;1H;/q-1;;+2/p-1. The molecule has 0 aromatic heterocycles. The molecule has 0 unspecified atom stereocenters. The van der Waals surface area contributed by atoms with E-state index in [1.165, 1.54) is 44.9 Å². The zero-order valence-corrected chi connectivity index (χ0v) is 13.6. The molecule has 0 rings (SSSR count). The number of halogens is 2. The quantitative estimate of drug-likeness (QED) is 0.256. The van der Waals surface area contributed by atoms with Crippen LogP contribution in [0.1, 0.15) is 51.4 Å². The maximum atomic E-state index is 5.28. The minimum Gasteiger partial charge on any atom is -1.00 e. The normalized spacial score (nSPS) is 8.64. The summed E-state index contributed by atoms with van der Waals surface area (Å²) in [5.74, 6) is 0. The van der Waals surface area contributed by atoms with Gasteiger partial charge in [0.2, 0.25) is 0 Å². The first-order valence-electron chi connectivity index (χ1n) is 5.01. The van der Waals surface area contributed by atoms with Crippen LogP contribution < -0.4 is 17.0 Å². The summed E-state index contributed by atoms with van der Waals surface area (Å²) in [6.07, 6.45) is 12.4. The van der Waals surface area contributed by atoms with E-state index in [2.05, 4.69) is 15.9 Å². The molecule has 0 aromatic carbocycles. The molecule has 0 aromatic rings. The Morgan fingerprint density at radius 2 is 1.29 bits per heavy atom. The zero-order valence-electron chi connectivity index (χ0n) is 8.98. The summed E-state index contributed by atoms with van der Waals surface area (Å²) in [7, 11) is 0. The molecule has 0 N–H and O–H groups in total. The smallest absolute Gasteiger partial charge is 1.00 e. The Morgan fingerprint density at radius 1 is 0.857 bits per heavy atom. The van der Waals surface area contributed by atoms with Crippen LogP contribution >= 0.6 is 15.9 Å². The minimum absolute atomic E-state index is 0. The van der Waals surface area contributed by atoms with Crippen LogP contribution in [0.2, 0.25) is 0 Å². The van der Waals surface area contributed by atoms with E-state index in [4.69, 9.17) is 6.58 Å². The van der Waals surface area contributed by atoms with Gasteiger partial charge in [0.15, 0.2) is 0 Å². The third-order valence-electron chi connectivity index (χ3n) is 2.00. The number of hydrogen-bond acceptors (Lipinski definition) is 0. The number of allylic oxidation sites excluding steroid dienone is 1. The Bertz CT molecular complexity index is 97.3. The van der Waals surface area contributed by atoms with Crippen LogP contribution in [0, 0.1) is 6.58 Å². The fourth-order valence-electron chi connectivity index (χ4n) is 1.24. The van der Waals surface area contributed by atoms with Gasteiger partial charge in [0.1, 0.15) is 0 Å².